The highest BCUT2D eigenvalue weighted by molar-refractivity contribution is 5.71. The number of ether oxygens (including phenoxy) is 3. The molecule has 0 aromatic rings. The Morgan fingerprint density at radius 3 is 0.782 bits per heavy atom. The third kappa shape index (κ3) is 62.1. The number of hydrogen-bond donors (Lipinski definition) is 0. The molecule has 6 nitrogen and oxygen atoms in total. The summed E-state index contributed by atoms with van der Waals surface area (Å²) in [4.78, 5) is 38.3. The first kappa shape index (κ1) is 73.3. The van der Waals surface area contributed by atoms with E-state index in [9.17, 15) is 14.4 Å². The van der Waals surface area contributed by atoms with Gasteiger partial charge in [-0.1, -0.05) is 263 Å². The molecule has 0 aromatic heterocycles. The number of hydrogen-bond acceptors (Lipinski definition) is 6. The summed E-state index contributed by atoms with van der Waals surface area (Å²) in [6, 6.07) is 0. The summed E-state index contributed by atoms with van der Waals surface area (Å²) < 4.78 is 16.9. The quantitative estimate of drug-likeness (QED) is 0.0261. The van der Waals surface area contributed by atoms with Crippen molar-refractivity contribution >= 4 is 17.9 Å². The smallest absolute Gasteiger partial charge is 0.306 e. The van der Waals surface area contributed by atoms with Crippen LogP contribution in [0.2, 0.25) is 0 Å². The Bertz CT molecular complexity index is 1710. The minimum Gasteiger partial charge on any atom is -0.462 e. The number of unbranched alkanes of at least 4 members (excludes halogenated alkanes) is 21. The van der Waals surface area contributed by atoms with Gasteiger partial charge in [0, 0.05) is 19.3 Å². The second-order valence-electron chi connectivity index (χ2n) is 20.5. The summed E-state index contributed by atoms with van der Waals surface area (Å²) in [6.07, 6.45) is 92.7. The molecule has 0 saturated heterocycles. The molecule has 78 heavy (non-hydrogen) atoms. The molecular formula is C72H116O6. The molecule has 0 amide bonds. The van der Waals surface area contributed by atoms with E-state index in [1.807, 2.05) is 0 Å². The zero-order valence-electron chi connectivity index (χ0n) is 50.4. The maximum absolute atomic E-state index is 12.9. The summed E-state index contributed by atoms with van der Waals surface area (Å²) in [6.45, 7) is 6.34. The average Bonchev–Trinajstić information content (AvgIpc) is 3.44. The van der Waals surface area contributed by atoms with Gasteiger partial charge in [-0.3, -0.25) is 14.4 Å². The van der Waals surface area contributed by atoms with Crippen LogP contribution in [0.4, 0.5) is 0 Å². The van der Waals surface area contributed by atoms with E-state index in [1.54, 1.807) is 0 Å². The summed E-state index contributed by atoms with van der Waals surface area (Å²) in [7, 11) is 0. The Hall–Kier alpha value is -4.71. The van der Waals surface area contributed by atoms with Gasteiger partial charge in [0.15, 0.2) is 6.10 Å². The SMILES string of the molecule is CC/C=C\C/C=C\C/C=C\C/C=C\C/C=C\C/C=C\CCCCCCCCCCC(=O)OCC(COC(=O)CCCCCCC/C=C\C/C=C\CCCC)OC(=O)CCCCCCCC/C=C\C/C=C\C/C=C\C/C=C\CC. The van der Waals surface area contributed by atoms with Crippen LogP contribution in [0.5, 0.6) is 0 Å². The van der Waals surface area contributed by atoms with Gasteiger partial charge in [0.2, 0.25) is 0 Å². The molecule has 0 aliphatic heterocycles. The van der Waals surface area contributed by atoms with Gasteiger partial charge in [-0.25, -0.2) is 0 Å². The van der Waals surface area contributed by atoms with Gasteiger partial charge in [-0.05, 0) is 135 Å². The zero-order valence-corrected chi connectivity index (χ0v) is 50.4. The molecule has 0 N–H and O–H groups in total. The summed E-state index contributed by atoms with van der Waals surface area (Å²) in [5.74, 6) is -0.934. The molecule has 0 bridgehead atoms. The molecule has 1 unspecified atom stereocenters. The van der Waals surface area contributed by atoms with Gasteiger partial charge in [0.05, 0.1) is 0 Å². The molecule has 0 aromatic carbocycles. The molecule has 0 fully saturated rings. The van der Waals surface area contributed by atoms with Crippen LogP contribution in [0.15, 0.2) is 146 Å². The first-order chi connectivity index (χ1) is 38.5. The van der Waals surface area contributed by atoms with Crippen LogP contribution in [0.1, 0.15) is 271 Å². The lowest BCUT2D eigenvalue weighted by Crippen LogP contribution is -2.30. The van der Waals surface area contributed by atoms with Crippen LogP contribution >= 0.6 is 0 Å². The standard InChI is InChI=1S/C72H116O6/c1-4-7-10-13-16-19-22-25-28-30-32-33-34-35-36-37-38-39-41-42-44-47-50-53-56-59-62-65-71(74)77-68-69(67-76-70(73)64-61-58-55-52-49-46-27-24-21-18-15-12-9-6-3)78-72(75)66-63-60-57-54-51-48-45-43-40-31-29-26-23-20-17-14-11-8-5-2/h7-8,10-11,15-20,24-29,32-33,35-36,38-40,43,69H,4-6,9,12-14,21-23,30-31,34,37,41-42,44-68H2,1-3H3/b10-7-,11-8-,18-15-,19-16-,20-17-,27-24-,28-25-,29-26-,33-32-,36-35-,39-38-,43-40-. The van der Waals surface area contributed by atoms with E-state index in [0.29, 0.717) is 19.3 Å². The van der Waals surface area contributed by atoms with E-state index in [0.717, 1.165) is 167 Å². The Labute approximate surface area is 480 Å². The highest BCUT2D eigenvalue weighted by Crippen LogP contribution is 2.15. The molecular weight excluding hydrogens is 961 g/mol. The third-order valence-corrected chi connectivity index (χ3v) is 13.1. The van der Waals surface area contributed by atoms with Crippen LogP contribution in [0, 0.1) is 0 Å². The van der Waals surface area contributed by atoms with Crippen LogP contribution in [0.3, 0.4) is 0 Å². The fourth-order valence-electron chi connectivity index (χ4n) is 8.34. The van der Waals surface area contributed by atoms with Gasteiger partial charge in [-0.2, -0.15) is 0 Å². The molecule has 0 spiro atoms. The van der Waals surface area contributed by atoms with Gasteiger partial charge < -0.3 is 14.2 Å². The van der Waals surface area contributed by atoms with E-state index < -0.39 is 6.10 Å². The lowest BCUT2D eigenvalue weighted by Gasteiger charge is -2.18. The van der Waals surface area contributed by atoms with Crippen LogP contribution in [0.25, 0.3) is 0 Å². The maximum Gasteiger partial charge on any atom is 0.306 e. The lowest BCUT2D eigenvalue weighted by molar-refractivity contribution is -0.167. The van der Waals surface area contributed by atoms with Gasteiger partial charge >= 0.3 is 17.9 Å². The van der Waals surface area contributed by atoms with Crippen molar-refractivity contribution in [2.24, 2.45) is 0 Å². The van der Waals surface area contributed by atoms with E-state index in [1.165, 1.54) is 64.2 Å². The van der Waals surface area contributed by atoms with E-state index in [4.69, 9.17) is 14.2 Å². The predicted octanol–water partition coefficient (Wildman–Crippen LogP) is 21.9. The summed E-state index contributed by atoms with van der Waals surface area (Å²) in [5, 5.41) is 0. The molecule has 0 radical (unpaired) electrons. The van der Waals surface area contributed by atoms with Crippen molar-refractivity contribution in [3.8, 4) is 0 Å². The average molecular weight is 1080 g/mol. The van der Waals surface area contributed by atoms with Crippen molar-refractivity contribution in [1.82, 2.24) is 0 Å². The molecule has 440 valence electrons. The number of allylic oxidation sites excluding steroid dienone is 24. The Morgan fingerprint density at radius 1 is 0.269 bits per heavy atom. The number of rotatable bonds is 56. The number of carbonyl (C=O) groups is 3. The number of carbonyl (C=O) groups excluding carboxylic acids is 3. The minimum absolute atomic E-state index is 0.0979. The highest BCUT2D eigenvalue weighted by atomic mass is 16.6. The van der Waals surface area contributed by atoms with Crippen molar-refractivity contribution in [2.45, 2.75) is 277 Å². The van der Waals surface area contributed by atoms with E-state index in [2.05, 4.69) is 167 Å². The molecule has 1 atom stereocenters. The number of esters is 3. The van der Waals surface area contributed by atoms with Crippen LogP contribution in [-0.2, 0) is 28.6 Å². The molecule has 0 rings (SSSR count). The van der Waals surface area contributed by atoms with E-state index >= 15 is 0 Å². The van der Waals surface area contributed by atoms with Crippen molar-refractivity contribution in [1.29, 1.82) is 0 Å². The van der Waals surface area contributed by atoms with Crippen molar-refractivity contribution in [2.75, 3.05) is 13.2 Å². The highest BCUT2D eigenvalue weighted by Gasteiger charge is 2.19. The molecule has 0 saturated carbocycles. The molecule has 6 heteroatoms. The fraction of sp³-hybridized carbons (Fsp3) is 0.625. The predicted molar refractivity (Wildman–Crippen MR) is 339 cm³/mol. The van der Waals surface area contributed by atoms with Crippen molar-refractivity contribution in [3.63, 3.8) is 0 Å². The van der Waals surface area contributed by atoms with E-state index in [-0.39, 0.29) is 31.1 Å². The Morgan fingerprint density at radius 2 is 0.500 bits per heavy atom. The minimum atomic E-state index is -0.803. The Balaban J connectivity index is 4.41. The second-order valence-corrected chi connectivity index (χ2v) is 20.5. The van der Waals surface area contributed by atoms with Crippen molar-refractivity contribution in [3.05, 3.63) is 146 Å². The molecule has 0 aliphatic carbocycles. The largest absolute Gasteiger partial charge is 0.462 e. The Kier molecular flexibility index (Phi) is 60.9. The summed E-state index contributed by atoms with van der Waals surface area (Å²) >= 11 is 0. The monoisotopic (exact) mass is 1080 g/mol. The first-order valence-electron chi connectivity index (χ1n) is 31.8. The maximum atomic E-state index is 12.9. The molecule has 0 heterocycles. The molecule has 0 aliphatic rings. The lowest BCUT2D eigenvalue weighted by atomic mass is 10.1. The van der Waals surface area contributed by atoms with Crippen molar-refractivity contribution < 1.29 is 28.6 Å². The van der Waals surface area contributed by atoms with Gasteiger partial charge in [-0.15, -0.1) is 0 Å². The van der Waals surface area contributed by atoms with Crippen LogP contribution < -0.4 is 0 Å². The fourth-order valence-corrected chi connectivity index (χ4v) is 8.34. The normalized spacial score (nSPS) is 13.1. The first-order valence-corrected chi connectivity index (χ1v) is 31.8. The van der Waals surface area contributed by atoms with Crippen LogP contribution in [-0.4, -0.2) is 37.2 Å². The second kappa shape index (κ2) is 64.8. The topological polar surface area (TPSA) is 78.9 Å². The van der Waals surface area contributed by atoms with Gasteiger partial charge in [0.1, 0.15) is 13.2 Å². The third-order valence-electron chi connectivity index (χ3n) is 13.1. The van der Waals surface area contributed by atoms with Gasteiger partial charge in [0.25, 0.3) is 0 Å². The summed E-state index contributed by atoms with van der Waals surface area (Å²) in [5.41, 5.74) is 0. The zero-order chi connectivity index (χ0) is 56.4.